The lowest BCUT2D eigenvalue weighted by Gasteiger charge is -2.08. The van der Waals surface area contributed by atoms with Gasteiger partial charge in [-0.1, -0.05) is 0 Å². The lowest BCUT2D eigenvalue weighted by Crippen LogP contribution is -2.25. The summed E-state index contributed by atoms with van der Waals surface area (Å²) in [6.07, 6.45) is 1.05. The van der Waals surface area contributed by atoms with Crippen molar-refractivity contribution in [1.29, 1.82) is 0 Å². The zero-order chi connectivity index (χ0) is 7.28. The predicted molar refractivity (Wildman–Crippen MR) is 36.0 cm³/mol. The van der Waals surface area contributed by atoms with E-state index in [9.17, 15) is 0 Å². The molecule has 2 unspecified atom stereocenters. The third kappa shape index (κ3) is 5.76. The van der Waals surface area contributed by atoms with Gasteiger partial charge in [0, 0.05) is 6.04 Å². The molecule has 0 spiro atoms. The van der Waals surface area contributed by atoms with Crippen LogP contribution in [0.15, 0.2) is 0 Å². The van der Waals surface area contributed by atoms with Crippen molar-refractivity contribution in [3.63, 3.8) is 0 Å². The minimum Gasteiger partial charge on any atom is -0.395 e. The minimum absolute atomic E-state index is 0.00667. The Bertz CT molecular complexity index is 66.1. The SMILES string of the molecule is CC(O)CCC(N)CO. The molecule has 0 fully saturated rings. The van der Waals surface area contributed by atoms with Gasteiger partial charge < -0.3 is 15.9 Å². The third-order valence-electron chi connectivity index (χ3n) is 1.19. The molecular weight excluding hydrogens is 118 g/mol. The molecule has 0 rings (SSSR count). The fourth-order valence-electron chi connectivity index (χ4n) is 0.547. The maximum absolute atomic E-state index is 8.76. The van der Waals surface area contributed by atoms with Gasteiger partial charge in [0.25, 0.3) is 0 Å². The van der Waals surface area contributed by atoms with Crippen molar-refractivity contribution < 1.29 is 10.2 Å². The molecule has 9 heavy (non-hydrogen) atoms. The summed E-state index contributed by atoms with van der Waals surface area (Å²) in [6, 6.07) is -0.167. The number of rotatable bonds is 4. The molecule has 0 saturated carbocycles. The molecule has 2 atom stereocenters. The summed E-state index contributed by atoms with van der Waals surface area (Å²) in [5.41, 5.74) is 5.36. The Morgan fingerprint density at radius 2 is 2.00 bits per heavy atom. The van der Waals surface area contributed by atoms with E-state index in [4.69, 9.17) is 15.9 Å². The van der Waals surface area contributed by atoms with Gasteiger partial charge >= 0.3 is 0 Å². The lowest BCUT2D eigenvalue weighted by atomic mass is 10.1. The Morgan fingerprint density at radius 1 is 1.44 bits per heavy atom. The average Bonchev–Trinajstić information content (AvgIpc) is 1.83. The van der Waals surface area contributed by atoms with E-state index in [0.29, 0.717) is 12.8 Å². The van der Waals surface area contributed by atoms with E-state index in [1.165, 1.54) is 0 Å². The smallest absolute Gasteiger partial charge is 0.0582 e. The van der Waals surface area contributed by atoms with Crippen LogP contribution in [-0.4, -0.2) is 29.0 Å². The van der Waals surface area contributed by atoms with Gasteiger partial charge in [-0.25, -0.2) is 0 Å². The molecule has 0 aliphatic heterocycles. The standard InChI is InChI=1S/C6H15NO2/c1-5(9)2-3-6(7)4-8/h5-6,8-9H,2-4,7H2,1H3. The van der Waals surface area contributed by atoms with Crippen LogP contribution in [0.5, 0.6) is 0 Å². The number of aliphatic hydroxyl groups excluding tert-OH is 2. The van der Waals surface area contributed by atoms with E-state index >= 15 is 0 Å². The Kier molecular flexibility index (Phi) is 4.67. The molecule has 0 aromatic heterocycles. The van der Waals surface area contributed by atoms with Crippen LogP contribution in [0.4, 0.5) is 0 Å². The Morgan fingerprint density at radius 3 is 2.33 bits per heavy atom. The molecule has 0 aliphatic rings. The summed E-state index contributed by atoms with van der Waals surface area (Å²) >= 11 is 0. The highest BCUT2D eigenvalue weighted by molar-refractivity contribution is 4.60. The first-order valence-electron chi connectivity index (χ1n) is 3.21. The monoisotopic (exact) mass is 133 g/mol. The minimum atomic E-state index is -0.303. The van der Waals surface area contributed by atoms with E-state index in [1.807, 2.05) is 0 Å². The molecule has 3 heteroatoms. The number of hydrogen-bond donors (Lipinski definition) is 3. The summed E-state index contributed by atoms with van der Waals surface area (Å²) in [4.78, 5) is 0. The van der Waals surface area contributed by atoms with Crippen LogP contribution < -0.4 is 5.73 Å². The molecule has 0 aromatic rings. The molecule has 0 saturated heterocycles. The Hall–Kier alpha value is -0.120. The Labute approximate surface area is 55.5 Å². The van der Waals surface area contributed by atoms with Crippen molar-refractivity contribution >= 4 is 0 Å². The molecule has 0 bridgehead atoms. The topological polar surface area (TPSA) is 66.5 Å². The highest BCUT2D eigenvalue weighted by Crippen LogP contribution is 1.97. The van der Waals surface area contributed by atoms with Crippen LogP contribution in [0.3, 0.4) is 0 Å². The first-order valence-corrected chi connectivity index (χ1v) is 3.21. The van der Waals surface area contributed by atoms with Gasteiger partial charge in [-0.15, -0.1) is 0 Å². The third-order valence-corrected chi connectivity index (χ3v) is 1.19. The highest BCUT2D eigenvalue weighted by atomic mass is 16.3. The zero-order valence-corrected chi connectivity index (χ0v) is 5.75. The normalized spacial score (nSPS) is 17.3. The Balaban J connectivity index is 3.06. The van der Waals surface area contributed by atoms with Crippen LogP contribution in [0.25, 0.3) is 0 Å². The molecule has 0 radical (unpaired) electrons. The van der Waals surface area contributed by atoms with Gasteiger partial charge in [0.05, 0.1) is 12.7 Å². The first kappa shape index (κ1) is 8.88. The van der Waals surface area contributed by atoms with Crippen LogP contribution in [-0.2, 0) is 0 Å². The molecule has 4 N–H and O–H groups in total. The molecule has 0 aliphatic carbocycles. The summed E-state index contributed by atoms with van der Waals surface area (Å²) < 4.78 is 0. The van der Waals surface area contributed by atoms with Gasteiger partial charge in [-0.2, -0.15) is 0 Å². The molecule has 0 heterocycles. The maximum atomic E-state index is 8.76. The highest BCUT2D eigenvalue weighted by Gasteiger charge is 2.01. The van der Waals surface area contributed by atoms with Crippen molar-refractivity contribution in [2.45, 2.75) is 31.9 Å². The molecule has 3 nitrogen and oxygen atoms in total. The molecular formula is C6H15NO2. The van der Waals surface area contributed by atoms with Crippen molar-refractivity contribution in [3.8, 4) is 0 Å². The average molecular weight is 133 g/mol. The van der Waals surface area contributed by atoms with Gasteiger partial charge in [-0.3, -0.25) is 0 Å². The lowest BCUT2D eigenvalue weighted by molar-refractivity contribution is 0.170. The summed E-state index contributed by atoms with van der Waals surface area (Å²) in [7, 11) is 0. The van der Waals surface area contributed by atoms with Crippen LogP contribution >= 0.6 is 0 Å². The summed E-state index contributed by atoms with van der Waals surface area (Å²) in [5.74, 6) is 0. The van der Waals surface area contributed by atoms with Crippen molar-refractivity contribution in [1.82, 2.24) is 0 Å². The van der Waals surface area contributed by atoms with E-state index in [0.717, 1.165) is 0 Å². The molecule has 0 amide bonds. The van der Waals surface area contributed by atoms with Crippen molar-refractivity contribution in [2.24, 2.45) is 5.73 Å². The largest absolute Gasteiger partial charge is 0.395 e. The van der Waals surface area contributed by atoms with Gasteiger partial charge in [0.15, 0.2) is 0 Å². The number of nitrogens with two attached hydrogens (primary N) is 1. The van der Waals surface area contributed by atoms with Crippen LogP contribution in [0.1, 0.15) is 19.8 Å². The summed E-state index contributed by atoms with van der Waals surface area (Å²) in [6.45, 7) is 1.72. The number of aliphatic hydroxyl groups is 2. The predicted octanol–water partition coefficient (Wildman–Crippen LogP) is -0.533. The second-order valence-electron chi connectivity index (χ2n) is 2.37. The number of hydrogen-bond acceptors (Lipinski definition) is 3. The van der Waals surface area contributed by atoms with Gasteiger partial charge in [-0.05, 0) is 19.8 Å². The van der Waals surface area contributed by atoms with Crippen molar-refractivity contribution in [3.05, 3.63) is 0 Å². The van der Waals surface area contributed by atoms with Crippen molar-refractivity contribution in [2.75, 3.05) is 6.61 Å². The second-order valence-corrected chi connectivity index (χ2v) is 2.37. The molecule has 0 aromatic carbocycles. The fraction of sp³-hybridized carbons (Fsp3) is 1.00. The van der Waals surface area contributed by atoms with Crippen LogP contribution in [0, 0.1) is 0 Å². The summed E-state index contributed by atoms with van der Waals surface area (Å²) in [5, 5.41) is 17.2. The van der Waals surface area contributed by atoms with Gasteiger partial charge in [0.1, 0.15) is 0 Å². The van der Waals surface area contributed by atoms with E-state index in [2.05, 4.69) is 0 Å². The van der Waals surface area contributed by atoms with E-state index < -0.39 is 0 Å². The van der Waals surface area contributed by atoms with E-state index in [-0.39, 0.29) is 18.8 Å². The quantitative estimate of drug-likeness (QED) is 0.483. The second kappa shape index (κ2) is 4.73. The van der Waals surface area contributed by atoms with E-state index in [1.54, 1.807) is 6.92 Å². The van der Waals surface area contributed by atoms with Gasteiger partial charge in [0.2, 0.25) is 0 Å². The fourth-order valence-corrected chi connectivity index (χ4v) is 0.547. The van der Waals surface area contributed by atoms with Crippen LogP contribution in [0.2, 0.25) is 0 Å². The molecule has 56 valence electrons. The zero-order valence-electron chi connectivity index (χ0n) is 5.75. The first-order chi connectivity index (χ1) is 4.16. The maximum Gasteiger partial charge on any atom is 0.0582 e.